The van der Waals surface area contributed by atoms with Gasteiger partial charge in [0.1, 0.15) is 0 Å². The third kappa shape index (κ3) is 2.07. The van der Waals surface area contributed by atoms with Gasteiger partial charge in [-0.2, -0.15) is 5.26 Å². The molecule has 1 heterocycles. The van der Waals surface area contributed by atoms with Gasteiger partial charge >= 0.3 is 0 Å². The Morgan fingerprint density at radius 3 is 3.19 bits per heavy atom. The maximum Gasteiger partial charge on any atom is 0.0992 e. The normalized spacial score (nSPS) is 20.2. The number of rotatable bonds is 2. The molecular weight excluding hydrogens is 198 g/mol. The summed E-state index contributed by atoms with van der Waals surface area (Å²) >= 11 is 0. The highest BCUT2D eigenvalue weighted by Crippen LogP contribution is 2.19. The average molecular weight is 213 g/mol. The lowest BCUT2D eigenvalue weighted by molar-refractivity contribution is 0.530. The number of hydrogen-bond donors (Lipinski definition) is 1. The van der Waals surface area contributed by atoms with Crippen molar-refractivity contribution in [3.8, 4) is 6.07 Å². The van der Waals surface area contributed by atoms with E-state index < -0.39 is 0 Å². The fraction of sp³-hybridized carbons (Fsp3) is 0.308. The van der Waals surface area contributed by atoms with Crippen LogP contribution in [0.25, 0.3) is 0 Å². The Morgan fingerprint density at radius 2 is 2.44 bits per heavy atom. The topological polar surface area (TPSA) is 39.1 Å². The van der Waals surface area contributed by atoms with Crippen LogP contribution in [0.5, 0.6) is 0 Å². The summed E-state index contributed by atoms with van der Waals surface area (Å²) in [5, 5.41) is 12.2. The summed E-state index contributed by atoms with van der Waals surface area (Å²) in [4.78, 5) is 2.28. The molecule has 1 aliphatic heterocycles. The van der Waals surface area contributed by atoms with E-state index in [9.17, 15) is 0 Å². The zero-order valence-corrected chi connectivity index (χ0v) is 9.19. The number of anilines is 1. The molecule has 1 fully saturated rings. The van der Waals surface area contributed by atoms with E-state index in [1.165, 1.54) is 0 Å². The molecule has 16 heavy (non-hydrogen) atoms. The van der Waals surface area contributed by atoms with Crippen molar-refractivity contribution in [3.63, 3.8) is 0 Å². The van der Waals surface area contributed by atoms with Crippen molar-refractivity contribution < 1.29 is 0 Å². The predicted octanol–water partition coefficient (Wildman–Crippen LogP) is 1.52. The van der Waals surface area contributed by atoms with Crippen molar-refractivity contribution in [2.24, 2.45) is 0 Å². The van der Waals surface area contributed by atoms with Crippen molar-refractivity contribution in [3.05, 3.63) is 42.5 Å². The number of nitriles is 1. The Morgan fingerprint density at radius 1 is 1.56 bits per heavy atom. The minimum absolute atomic E-state index is 0.308. The number of benzene rings is 1. The van der Waals surface area contributed by atoms with Crippen LogP contribution >= 0.6 is 0 Å². The minimum atomic E-state index is 0.308. The minimum Gasteiger partial charge on any atom is -0.363 e. The molecule has 1 atom stereocenters. The van der Waals surface area contributed by atoms with Crippen molar-refractivity contribution in [1.82, 2.24) is 5.32 Å². The van der Waals surface area contributed by atoms with E-state index in [0.717, 1.165) is 25.3 Å². The smallest absolute Gasteiger partial charge is 0.0992 e. The van der Waals surface area contributed by atoms with Crippen LogP contribution in [-0.2, 0) is 0 Å². The summed E-state index contributed by atoms with van der Waals surface area (Å²) in [6, 6.07) is 10.2. The zero-order valence-electron chi connectivity index (χ0n) is 9.19. The number of piperazine rings is 1. The quantitative estimate of drug-likeness (QED) is 0.757. The summed E-state index contributed by atoms with van der Waals surface area (Å²) < 4.78 is 0. The van der Waals surface area contributed by atoms with Gasteiger partial charge in [0, 0.05) is 25.3 Å². The molecule has 0 saturated carbocycles. The number of nitrogens with zero attached hydrogens (tertiary/aromatic N) is 2. The molecule has 0 radical (unpaired) electrons. The third-order valence-corrected chi connectivity index (χ3v) is 2.86. The standard InChI is InChI=1S/C13H15N3/c1-2-12-10-15-6-7-16(12)13-5-3-4-11(8-13)9-14/h2-5,8,12,15H,1,6-7,10H2/t12-/m1/s1. The fourth-order valence-electron chi connectivity index (χ4n) is 2.01. The van der Waals surface area contributed by atoms with E-state index in [0.29, 0.717) is 11.6 Å². The molecule has 0 aliphatic carbocycles. The van der Waals surface area contributed by atoms with E-state index in [2.05, 4.69) is 22.9 Å². The highest BCUT2D eigenvalue weighted by Gasteiger charge is 2.19. The summed E-state index contributed by atoms with van der Waals surface area (Å²) in [5.41, 5.74) is 1.81. The second kappa shape index (κ2) is 4.82. The Kier molecular flexibility index (Phi) is 3.23. The van der Waals surface area contributed by atoms with Crippen molar-refractivity contribution in [2.45, 2.75) is 6.04 Å². The lowest BCUT2D eigenvalue weighted by atomic mass is 10.1. The van der Waals surface area contributed by atoms with Gasteiger partial charge < -0.3 is 10.2 Å². The fourth-order valence-corrected chi connectivity index (χ4v) is 2.01. The van der Waals surface area contributed by atoms with Gasteiger partial charge in [0.15, 0.2) is 0 Å². The van der Waals surface area contributed by atoms with Crippen molar-refractivity contribution in [2.75, 3.05) is 24.5 Å². The molecule has 0 spiro atoms. The van der Waals surface area contributed by atoms with Gasteiger partial charge in [-0.05, 0) is 18.2 Å². The van der Waals surface area contributed by atoms with E-state index in [4.69, 9.17) is 5.26 Å². The lowest BCUT2D eigenvalue weighted by Crippen LogP contribution is -2.50. The van der Waals surface area contributed by atoms with Crippen LogP contribution in [0.2, 0.25) is 0 Å². The van der Waals surface area contributed by atoms with Gasteiger partial charge in [-0.15, -0.1) is 6.58 Å². The van der Waals surface area contributed by atoms with Gasteiger partial charge in [0.2, 0.25) is 0 Å². The van der Waals surface area contributed by atoms with Crippen molar-refractivity contribution >= 4 is 5.69 Å². The molecular formula is C13H15N3. The molecule has 0 amide bonds. The highest BCUT2D eigenvalue weighted by molar-refractivity contribution is 5.53. The highest BCUT2D eigenvalue weighted by atomic mass is 15.2. The van der Waals surface area contributed by atoms with Gasteiger partial charge in [-0.25, -0.2) is 0 Å². The van der Waals surface area contributed by atoms with Gasteiger partial charge in [-0.1, -0.05) is 12.1 Å². The van der Waals surface area contributed by atoms with Gasteiger partial charge in [0.25, 0.3) is 0 Å². The van der Waals surface area contributed by atoms with Crippen molar-refractivity contribution in [1.29, 1.82) is 5.26 Å². The third-order valence-electron chi connectivity index (χ3n) is 2.86. The molecule has 0 aromatic heterocycles. The number of hydrogen-bond acceptors (Lipinski definition) is 3. The molecule has 1 saturated heterocycles. The monoisotopic (exact) mass is 213 g/mol. The van der Waals surface area contributed by atoms with Crippen LogP contribution in [0.15, 0.2) is 36.9 Å². The Balaban J connectivity index is 2.27. The van der Waals surface area contributed by atoms with E-state index in [1.54, 1.807) is 0 Å². The molecule has 0 bridgehead atoms. The second-order valence-electron chi connectivity index (χ2n) is 3.86. The van der Waals surface area contributed by atoms with Crippen LogP contribution in [0.3, 0.4) is 0 Å². The molecule has 3 nitrogen and oxygen atoms in total. The number of nitrogens with one attached hydrogen (secondary N) is 1. The van der Waals surface area contributed by atoms with Crippen LogP contribution in [0, 0.1) is 11.3 Å². The van der Waals surface area contributed by atoms with E-state index in [-0.39, 0.29) is 0 Å². The molecule has 2 rings (SSSR count). The first-order chi connectivity index (χ1) is 7.85. The molecule has 82 valence electrons. The summed E-state index contributed by atoms with van der Waals surface area (Å²) in [6.07, 6.45) is 1.95. The van der Waals surface area contributed by atoms with E-state index in [1.807, 2.05) is 30.3 Å². The average Bonchev–Trinajstić information content (AvgIpc) is 2.38. The summed E-state index contributed by atoms with van der Waals surface area (Å²) in [5.74, 6) is 0. The SMILES string of the molecule is C=C[C@@H]1CNCCN1c1cccc(C#N)c1. The van der Waals surface area contributed by atoms with Gasteiger partial charge in [-0.3, -0.25) is 0 Å². The molecule has 3 heteroatoms. The molecule has 1 aromatic rings. The zero-order chi connectivity index (χ0) is 11.4. The lowest BCUT2D eigenvalue weighted by Gasteiger charge is -2.36. The van der Waals surface area contributed by atoms with Crippen LogP contribution < -0.4 is 10.2 Å². The van der Waals surface area contributed by atoms with Gasteiger partial charge in [0.05, 0.1) is 17.7 Å². The first-order valence-electron chi connectivity index (χ1n) is 5.45. The summed E-state index contributed by atoms with van der Waals surface area (Å²) in [7, 11) is 0. The van der Waals surface area contributed by atoms with Crippen LogP contribution in [-0.4, -0.2) is 25.7 Å². The van der Waals surface area contributed by atoms with E-state index >= 15 is 0 Å². The molecule has 0 unspecified atom stereocenters. The van der Waals surface area contributed by atoms with Crippen LogP contribution in [0.4, 0.5) is 5.69 Å². The molecule has 1 N–H and O–H groups in total. The Hall–Kier alpha value is -1.79. The molecule has 1 aliphatic rings. The summed E-state index contributed by atoms with van der Waals surface area (Å²) in [6.45, 7) is 6.70. The first kappa shape index (κ1) is 10.7. The largest absolute Gasteiger partial charge is 0.363 e. The Bertz CT molecular complexity index is 419. The maximum atomic E-state index is 8.88. The predicted molar refractivity (Wildman–Crippen MR) is 65.4 cm³/mol. The molecule has 1 aromatic carbocycles. The maximum absolute atomic E-state index is 8.88. The van der Waals surface area contributed by atoms with Crippen LogP contribution in [0.1, 0.15) is 5.56 Å². The Labute approximate surface area is 96.0 Å². The second-order valence-corrected chi connectivity index (χ2v) is 3.86. The first-order valence-corrected chi connectivity index (χ1v) is 5.45.